The van der Waals surface area contributed by atoms with Gasteiger partial charge in [0.2, 0.25) is 5.91 Å². The highest BCUT2D eigenvalue weighted by Gasteiger charge is 2.24. The zero-order valence-electron chi connectivity index (χ0n) is 14.3. The van der Waals surface area contributed by atoms with Crippen LogP contribution in [0.3, 0.4) is 0 Å². The minimum atomic E-state index is -0.796. The molecule has 0 unspecified atom stereocenters. The number of amides is 2. The van der Waals surface area contributed by atoms with E-state index in [1.807, 2.05) is 67.6 Å². The molecule has 3 aromatic rings. The number of nitrogens with zero attached hydrogens (tertiary/aromatic N) is 1. The number of aromatic nitrogens is 1. The third-order valence-corrected chi connectivity index (χ3v) is 4.94. The van der Waals surface area contributed by atoms with Crippen LogP contribution in [0.4, 0.5) is 0 Å². The predicted molar refractivity (Wildman–Crippen MR) is 103 cm³/mol. The van der Waals surface area contributed by atoms with Gasteiger partial charge in [-0.25, -0.2) is 4.98 Å². The Morgan fingerprint density at radius 2 is 1.69 bits per heavy atom. The maximum atomic E-state index is 12.8. The van der Waals surface area contributed by atoms with Crippen LogP contribution in [0.15, 0.2) is 60.7 Å². The van der Waals surface area contributed by atoms with Gasteiger partial charge in [0.05, 0.1) is 9.88 Å². The van der Waals surface area contributed by atoms with E-state index in [0.29, 0.717) is 12.1 Å². The summed E-state index contributed by atoms with van der Waals surface area (Å²) >= 11 is 1.45. The first-order valence-corrected chi connectivity index (χ1v) is 9.03. The van der Waals surface area contributed by atoms with Crippen LogP contribution in [-0.4, -0.2) is 22.8 Å². The topological polar surface area (TPSA) is 85.1 Å². The van der Waals surface area contributed by atoms with E-state index >= 15 is 0 Å². The number of carbonyl (C=O) groups excluding carboxylic acids is 2. The lowest BCUT2D eigenvalue weighted by molar-refractivity contribution is -0.119. The number of nitrogens with one attached hydrogen (secondary N) is 1. The Bertz CT molecular complexity index is 907. The van der Waals surface area contributed by atoms with Crippen LogP contribution < -0.4 is 11.1 Å². The van der Waals surface area contributed by atoms with Gasteiger partial charge in [-0.2, -0.15) is 0 Å². The minimum absolute atomic E-state index is 0.318. The van der Waals surface area contributed by atoms with Crippen LogP contribution in [0.25, 0.3) is 10.4 Å². The molecule has 0 fully saturated rings. The first kappa shape index (κ1) is 17.8. The molecule has 2 aromatic carbocycles. The molecule has 1 heterocycles. The van der Waals surface area contributed by atoms with Crippen molar-refractivity contribution in [1.29, 1.82) is 0 Å². The predicted octanol–water partition coefficient (Wildman–Crippen LogP) is 2.94. The molecular weight excluding hydrogens is 346 g/mol. The van der Waals surface area contributed by atoms with Crippen molar-refractivity contribution in [2.75, 3.05) is 0 Å². The third-order valence-electron chi connectivity index (χ3n) is 3.92. The van der Waals surface area contributed by atoms with Gasteiger partial charge in [0.15, 0.2) is 0 Å². The largest absolute Gasteiger partial charge is 0.368 e. The van der Waals surface area contributed by atoms with Crippen molar-refractivity contribution >= 4 is 23.2 Å². The summed E-state index contributed by atoms with van der Waals surface area (Å²) in [7, 11) is 0. The van der Waals surface area contributed by atoms with E-state index in [-0.39, 0.29) is 0 Å². The van der Waals surface area contributed by atoms with Crippen molar-refractivity contribution in [2.45, 2.75) is 19.4 Å². The highest BCUT2D eigenvalue weighted by Crippen LogP contribution is 2.30. The van der Waals surface area contributed by atoms with Crippen molar-refractivity contribution in [2.24, 2.45) is 5.73 Å². The number of aryl methyl sites for hydroxylation is 1. The average Bonchev–Trinajstić information content (AvgIpc) is 3.04. The van der Waals surface area contributed by atoms with E-state index in [9.17, 15) is 9.59 Å². The van der Waals surface area contributed by atoms with E-state index in [1.165, 1.54) is 11.3 Å². The molecule has 132 valence electrons. The molecule has 3 N–H and O–H groups in total. The molecule has 0 spiro atoms. The molecule has 0 saturated heterocycles. The number of hydrogen-bond acceptors (Lipinski definition) is 4. The van der Waals surface area contributed by atoms with Crippen molar-refractivity contribution in [3.8, 4) is 10.4 Å². The van der Waals surface area contributed by atoms with Crippen molar-refractivity contribution in [3.05, 3.63) is 76.9 Å². The van der Waals surface area contributed by atoms with Crippen LogP contribution in [0, 0.1) is 6.92 Å². The van der Waals surface area contributed by atoms with Gasteiger partial charge in [-0.1, -0.05) is 60.7 Å². The monoisotopic (exact) mass is 365 g/mol. The standard InChI is InChI=1S/C20H19N3O2S/c1-13-22-17(18(26-13)15-10-6-3-7-11-15)20(25)23-16(19(21)24)12-14-8-4-2-5-9-14/h2-11,16H,12H2,1H3,(H2,21,24)(H,23,25)/t16-/m0/s1. The zero-order chi connectivity index (χ0) is 18.5. The minimum Gasteiger partial charge on any atom is -0.368 e. The van der Waals surface area contributed by atoms with Gasteiger partial charge < -0.3 is 11.1 Å². The summed E-state index contributed by atoms with van der Waals surface area (Å²) in [6.45, 7) is 1.85. The molecule has 0 aliphatic rings. The van der Waals surface area contributed by atoms with Crippen LogP contribution >= 0.6 is 11.3 Å². The van der Waals surface area contributed by atoms with Gasteiger partial charge >= 0.3 is 0 Å². The quantitative estimate of drug-likeness (QED) is 0.704. The van der Waals surface area contributed by atoms with Crippen molar-refractivity contribution in [3.63, 3.8) is 0 Å². The number of rotatable bonds is 6. The molecule has 1 atom stereocenters. The lowest BCUT2D eigenvalue weighted by Gasteiger charge is -2.15. The highest BCUT2D eigenvalue weighted by atomic mass is 32.1. The molecular formula is C20H19N3O2S. The summed E-state index contributed by atoms with van der Waals surface area (Å²) < 4.78 is 0. The number of thiazole rings is 1. The molecule has 2 amide bonds. The third kappa shape index (κ3) is 4.15. The first-order valence-electron chi connectivity index (χ1n) is 8.21. The van der Waals surface area contributed by atoms with Crippen LogP contribution in [-0.2, 0) is 11.2 Å². The average molecular weight is 365 g/mol. The smallest absolute Gasteiger partial charge is 0.272 e. The summed E-state index contributed by atoms with van der Waals surface area (Å²) in [5, 5.41) is 3.52. The number of hydrogen-bond donors (Lipinski definition) is 2. The number of carbonyl (C=O) groups is 2. The highest BCUT2D eigenvalue weighted by molar-refractivity contribution is 7.15. The Morgan fingerprint density at radius 3 is 2.31 bits per heavy atom. The Morgan fingerprint density at radius 1 is 1.08 bits per heavy atom. The van der Waals surface area contributed by atoms with Crippen molar-refractivity contribution < 1.29 is 9.59 Å². The van der Waals surface area contributed by atoms with E-state index < -0.39 is 17.9 Å². The molecule has 3 rings (SSSR count). The van der Waals surface area contributed by atoms with Gasteiger partial charge in [-0.3, -0.25) is 9.59 Å². The second-order valence-electron chi connectivity index (χ2n) is 5.89. The molecule has 5 nitrogen and oxygen atoms in total. The van der Waals surface area contributed by atoms with Gasteiger partial charge in [-0.15, -0.1) is 11.3 Å². The van der Waals surface area contributed by atoms with Gasteiger partial charge in [0.25, 0.3) is 5.91 Å². The molecule has 0 bridgehead atoms. The number of benzene rings is 2. The Hall–Kier alpha value is -2.99. The molecule has 0 radical (unpaired) electrons. The van der Waals surface area contributed by atoms with Gasteiger partial charge in [0.1, 0.15) is 11.7 Å². The Kier molecular flexibility index (Phi) is 5.43. The number of primary amides is 1. The normalized spacial score (nSPS) is 11.7. The fourth-order valence-electron chi connectivity index (χ4n) is 2.67. The number of nitrogens with two attached hydrogens (primary N) is 1. The first-order chi connectivity index (χ1) is 12.5. The summed E-state index contributed by atoms with van der Waals surface area (Å²) in [5.74, 6) is -0.969. The van der Waals surface area contributed by atoms with E-state index in [0.717, 1.165) is 21.0 Å². The van der Waals surface area contributed by atoms with Gasteiger partial charge in [0, 0.05) is 6.42 Å². The van der Waals surface area contributed by atoms with Crippen LogP contribution in [0.5, 0.6) is 0 Å². The zero-order valence-corrected chi connectivity index (χ0v) is 15.1. The fourth-order valence-corrected chi connectivity index (χ4v) is 3.59. The molecule has 0 aliphatic carbocycles. The maximum Gasteiger partial charge on any atom is 0.272 e. The molecule has 26 heavy (non-hydrogen) atoms. The Balaban J connectivity index is 1.83. The molecule has 1 aromatic heterocycles. The van der Waals surface area contributed by atoms with Gasteiger partial charge in [-0.05, 0) is 18.1 Å². The summed E-state index contributed by atoms with van der Waals surface area (Å²) in [4.78, 5) is 29.7. The van der Waals surface area contributed by atoms with E-state index in [4.69, 9.17) is 5.73 Å². The summed E-state index contributed by atoms with van der Waals surface area (Å²) in [6.07, 6.45) is 0.339. The maximum absolute atomic E-state index is 12.8. The molecule has 6 heteroatoms. The lowest BCUT2D eigenvalue weighted by atomic mass is 10.1. The van der Waals surface area contributed by atoms with Crippen LogP contribution in [0.1, 0.15) is 21.1 Å². The van der Waals surface area contributed by atoms with E-state index in [2.05, 4.69) is 10.3 Å². The second kappa shape index (κ2) is 7.93. The SMILES string of the molecule is Cc1nc(C(=O)N[C@@H](Cc2ccccc2)C(N)=O)c(-c2ccccc2)s1. The summed E-state index contributed by atoms with van der Waals surface area (Å²) in [5.41, 5.74) is 7.66. The summed E-state index contributed by atoms with van der Waals surface area (Å²) in [6, 6.07) is 18.2. The van der Waals surface area contributed by atoms with Crippen molar-refractivity contribution in [1.82, 2.24) is 10.3 Å². The fraction of sp³-hybridized carbons (Fsp3) is 0.150. The molecule has 0 aliphatic heterocycles. The van der Waals surface area contributed by atoms with Crippen LogP contribution in [0.2, 0.25) is 0 Å². The molecule has 0 saturated carbocycles. The second-order valence-corrected chi connectivity index (χ2v) is 7.10. The lowest BCUT2D eigenvalue weighted by Crippen LogP contribution is -2.46. The Labute approximate surface area is 155 Å². The van der Waals surface area contributed by atoms with E-state index in [1.54, 1.807) is 0 Å².